The molecule has 4 nitrogen and oxygen atoms in total. The zero-order valence-electron chi connectivity index (χ0n) is 9.74. The van der Waals surface area contributed by atoms with Crippen LogP contribution in [0.15, 0.2) is 42.1 Å². The summed E-state index contributed by atoms with van der Waals surface area (Å²) in [6.45, 7) is 2.74. The second-order valence-corrected chi connectivity index (χ2v) is 3.60. The lowest BCUT2D eigenvalue weighted by atomic mass is 10.2. The first-order valence-corrected chi connectivity index (χ1v) is 5.61. The molecule has 0 aliphatic carbocycles. The number of aromatic nitrogens is 4. The second kappa shape index (κ2) is 5.77. The summed E-state index contributed by atoms with van der Waals surface area (Å²) in [6, 6.07) is 10.1. The lowest BCUT2D eigenvalue weighted by molar-refractivity contribution is 0.644. The second-order valence-electron chi connectivity index (χ2n) is 3.60. The molecule has 0 saturated carbocycles. The molecular weight excluding hydrogens is 212 g/mol. The van der Waals surface area contributed by atoms with Gasteiger partial charge in [-0.3, -0.25) is 0 Å². The highest BCUT2D eigenvalue weighted by molar-refractivity contribution is 5.38. The molecular formula is C13H14N4. The summed E-state index contributed by atoms with van der Waals surface area (Å²) in [5, 5.41) is 11.6. The molecule has 0 aliphatic heterocycles. The van der Waals surface area contributed by atoms with Gasteiger partial charge in [-0.1, -0.05) is 37.3 Å². The molecule has 2 aromatic rings. The Hall–Kier alpha value is -2.19. The van der Waals surface area contributed by atoms with Gasteiger partial charge in [0.2, 0.25) is 0 Å². The van der Waals surface area contributed by atoms with E-state index in [1.165, 1.54) is 5.56 Å². The molecule has 0 unspecified atom stereocenters. The van der Waals surface area contributed by atoms with Crippen molar-refractivity contribution in [3.8, 4) is 0 Å². The van der Waals surface area contributed by atoms with E-state index in [2.05, 4.69) is 40.3 Å². The number of allylic oxidation sites excluding steroid dienone is 1. The minimum Gasteiger partial charge on any atom is -0.221 e. The molecule has 2 rings (SSSR count). The van der Waals surface area contributed by atoms with E-state index in [1.807, 2.05) is 24.3 Å². The topological polar surface area (TPSA) is 43.6 Å². The molecule has 0 atom stereocenters. The fourth-order valence-electron chi connectivity index (χ4n) is 1.44. The summed E-state index contributed by atoms with van der Waals surface area (Å²) in [5.74, 6) is 0.721. The van der Waals surface area contributed by atoms with E-state index in [0.29, 0.717) is 6.54 Å². The number of nitrogens with zero attached hydrogens (tertiary/aromatic N) is 4. The van der Waals surface area contributed by atoms with Crippen LogP contribution in [0.1, 0.15) is 24.7 Å². The third-order valence-corrected chi connectivity index (χ3v) is 2.27. The molecule has 4 heteroatoms. The summed E-state index contributed by atoms with van der Waals surface area (Å²) < 4.78 is 1.76. The van der Waals surface area contributed by atoms with Gasteiger partial charge in [-0.25, -0.2) is 4.68 Å². The predicted molar refractivity (Wildman–Crippen MR) is 66.2 cm³/mol. The lowest BCUT2D eigenvalue weighted by Crippen LogP contribution is -2.03. The molecule has 1 heterocycles. The van der Waals surface area contributed by atoms with Crippen molar-refractivity contribution in [3.05, 3.63) is 53.5 Å². The van der Waals surface area contributed by atoms with E-state index >= 15 is 0 Å². The molecule has 1 aromatic carbocycles. The average Bonchev–Trinajstić information content (AvgIpc) is 2.79. The SMILES string of the molecule is CCC=C=Cc1nnnn1Cc1ccccc1. The molecule has 1 aromatic heterocycles. The van der Waals surface area contributed by atoms with E-state index in [-0.39, 0.29) is 0 Å². The molecule has 0 saturated heterocycles. The monoisotopic (exact) mass is 226 g/mol. The minimum absolute atomic E-state index is 0.674. The van der Waals surface area contributed by atoms with Crippen LogP contribution >= 0.6 is 0 Å². The van der Waals surface area contributed by atoms with Crippen molar-refractivity contribution >= 4 is 6.08 Å². The van der Waals surface area contributed by atoms with Crippen LogP contribution < -0.4 is 0 Å². The van der Waals surface area contributed by atoms with Gasteiger partial charge in [0.15, 0.2) is 5.82 Å². The lowest BCUT2D eigenvalue weighted by Gasteiger charge is -2.00. The molecule has 0 fully saturated rings. The summed E-state index contributed by atoms with van der Waals surface area (Å²) in [4.78, 5) is 0. The van der Waals surface area contributed by atoms with Gasteiger partial charge >= 0.3 is 0 Å². The highest BCUT2D eigenvalue weighted by Crippen LogP contribution is 2.03. The summed E-state index contributed by atoms with van der Waals surface area (Å²) in [5.41, 5.74) is 4.23. The third kappa shape index (κ3) is 3.13. The van der Waals surface area contributed by atoms with Crippen molar-refractivity contribution in [2.45, 2.75) is 19.9 Å². The number of tetrazole rings is 1. The van der Waals surface area contributed by atoms with E-state index in [9.17, 15) is 0 Å². The molecule has 0 radical (unpaired) electrons. The van der Waals surface area contributed by atoms with Crippen molar-refractivity contribution in [2.24, 2.45) is 0 Å². The van der Waals surface area contributed by atoms with Gasteiger partial charge in [0.25, 0.3) is 0 Å². The molecule has 0 spiro atoms. The van der Waals surface area contributed by atoms with Crippen LogP contribution in [0.5, 0.6) is 0 Å². The van der Waals surface area contributed by atoms with Crippen LogP contribution in [0.4, 0.5) is 0 Å². The average molecular weight is 226 g/mol. The summed E-state index contributed by atoms with van der Waals surface area (Å²) in [7, 11) is 0. The Labute approximate surface area is 100 Å². The van der Waals surface area contributed by atoms with Gasteiger partial charge in [0.05, 0.1) is 6.54 Å². The van der Waals surface area contributed by atoms with Crippen molar-refractivity contribution in [1.82, 2.24) is 20.2 Å². The highest BCUT2D eigenvalue weighted by atomic mass is 15.5. The zero-order chi connectivity index (χ0) is 11.9. The van der Waals surface area contributed by atoms with E-state index in [0.717, 1.165) is 12.2 Å². The maximum atomic E-state index is 3.96. The predicted octanol–water partition coefficient (Wildman–Crippen LogP) is 2.30. The minimum atomic E-state index is 0.674. The first kappa shape index (κ1) is 11.3. The Balaban J connectivity index is 2.17. The highest BCUT2D eigenvalue weighted by Gasteiger charge is 2.02. The maximum Gasteiger partial charge on any atom is 0.182 e. The molecule has 0 bridgehead atoms. The van der Waals surface area contributed by atoms with E-state index < -0.39 is 0 Å². The van der Waals surface area contributed by atoms with Crippen LogP contribution in [0.2, 0.25) is 0 Å². The van der Waals surface area contributed by atoms with Crippen LogP contribution in [0.25, 0.3) is 6.08 Å². The maximum absolute atomic E-state index is 3.96. The van der Waals surface area contributed by atoms with E-state index in [4.69, 9.17) is 0 Å². The molecule has 0 N–H and O–H groups in total. The van der Waals surface area contributed by atoms with Gasteiger partial charge in [0, 0.05) is 6.08 Å². The fourth-order valence-corrected chi connectivity index (χ4v) is 1.44. The first-order valence-electron chi connectivity index (χ1n) is 5.61. The molecule has 86 valence electrons. The normalized spacial score (nSPS) is 9.71. The van der Waals surface area contributed by atoms with Crippen LogP contribution in [-0.2, 0) is 6.54 Å². The standard InChI is InChI=1S/C13H14N4/c1-2-3-5-10-13-14-15-16-17(13)11-12-8-6-4-7-9-12/h3-4,6-10H,2,11H2,1H3. The molecule has 0 amide bonds. The Bertz CT molecular complexity index is 521. The fraction of sp³-hybridized carbons (Fsp3) is 0.231. The Morgan fingerprint density at radius 1 is 1.29 bits per heavy atom. The van der Waals surface area contributed by atoms with Crippen LogP contribution in [-0.4, -0.2) is 20.2 Å². The van der Waals surface area contributed by atoms with Gasteiger partial charge < -0.3 is 0 Å². The summed E-state index contributed by atoms with van der Waals surface area (Å²) >= 11 is 0. The quantitative estimate of drug-likeness (QED) is 0.751. The smallest absolute Gasteiger partial charge is 0.182 e. The van der Waals surface area contributed by atoms with Gasteiger partial charge in [-0.15, -0.1) is 10.8 Å². The molecule has 17 heavy (non-hydrogen) atoms. The zero-order valence-corrected chi connectivity index (χ0v) is 9.74. The Morgan fingerprint density at radius 3 is 2.88 bits per heavy atom. The van der Waals surface area contributed by atoms with Gasteiger partial charge in [-0.05, 0) is 28.5 Å². The number of hydrogen-bond donors (Lipinski definition) is 0. The van der Waals surface area contributed by atoms with Gasteiger partial charge in [-0.2, -0.15) is 0 Å². The van der Waals surface area contributed by atoms with Crippen molar-refractivity contribution < 1.29 is 0 Å². The number of rotatable bonds is 4. The van der Waals surface area contributed by atoms with E-state index in [1.54, 1.807) is 10.8 Å². The summed E-state index contributed by atoms with van der Waals surface area (Å²) in [6.07, 6.45) is 4.70. The number of hydrogen-bond acceptors (Lipinski definition) is 3. The Kier molecular flexibility index (Phi) is 3.84. The third-order valence-electron chi connectivity index (χ3n) is 2.27. The largest absolute Gasteiger partial charge is 0.221 e. The van der Waals surface area contributed by atoms with Crippen molar-refractivity contribution in [2.75, 3.05) is 0 Å². The number of benzene rings is 1. The van der Waals surface area contributed by atoms with Gasteiger partial charge in [0.1, 0.15) is 0 Å². The Morgan fingerprint density at radius 2 is 2.12 bits per heavy atom. The van der Waals surface area contributed by atoms with Crippen molar-refractivity contribution in [1.29, 1.82) is 0 Å². The van der Waals surface area contributed by atoms with Crippen LogP contribution in [0, 0.1) is 0 Å². The first-order chi connectivity index (χ1) is 8.40. The van der Waals surface area contributed by atoms with Crippen LogP contribution in [0.3, 0.4) is 0 Å². The van der Waals surface area contributed by atoms with Crippen molar-refractivity contribution in [3.63, 3.8) is 0 Å². The molecule has 0 aliphatic rings.